The van der Waals surface area contributed by atoms with Gasteiger partial charge in [-0.15, -0.1) is 0 Å². The van der Waals surface area contributed by atoms with Crippen LogP contribution < -0.4 is 0 Å². The highest BCUT2D eigenvalue weighted by atomic mass is 79.9. The molecule has 0 amide bonds. The van der Waals surface area contributed by atoms with Crippen molar-refractivity contribution >= 4 is 31.9 Å². The van der Waals surface area contributed by atoms with Crippen LogP contribution >= 0.6 is 31.9 Å². The maximum absolute atomic E-state index is 3.66. The summed E-state index contributed by atoms with van der Waals surface area (Å²) in [6, 6.07) is 17.1. The molecule has 2 aromatic rings. The highest BCUT2D eigenvalue weighted by molar-refractivity contribution is 9.10. The van der Waals surface area contributed by atoms with E-state index in [0.717, 1.165) is 17.3 Å². The first-order valence-electron chi connectivity index (χ1n) is 6.19. The summed E-state index contributed by atoms with van der Waals surface area (Å²) in [4.78, 5) is 0. The first-order chi connectivity index (χ1) is 8.70. The second-order valence-corrected chi connectivity index (χ2v) is 6.23. The molecule has 0 saturated heterocycles. The molecule has 18 heavy (non-hydrogen) atoms. The number of benzene rings is 2. The van der Waals surface area contributed by atoms with Crippen molar-refractivity contribution in [3.8, 4) is 0 Å². The summed E-state index contributed by atoms with van der Waals surface area (Å²) >= 11 is 7.19. The Hall–Kier alpha value is -0.600. The third-order valence-corrected chi connectivity index (χ3v) is 4.42. The molecule has 0 aromatic heterocycles. The van der Waals surface area contributed by atoms with Crippen LogP contribution in [0.15, 0.2) is 57.5 Å². The van der Waals surface area contributed by atoms with E-state index in [1.165, 1.54) is 15.6 Å². The zero-order valence-electron chi connectivity index (χ0n) is 10.4. The average Bonchev–Trinajstić information content (AvgIpc) is 2.37. The van der Waals surface area contributed by atoms with Crippen molar-refractivity contribution in [1.82, 2.24) is 0 Å². The Labute approximate surface area is 126 Å². The van der Waals surface area contributed by atoms with Crippen molar-refractivity contribution in [2.75, 3.05) is 0 Å². The number of hydrogen-bond donors (Lipinski definition) is 0. The fourth-order valence-electron chi connectivity index (χ4n) is 2.23. The molecule has 0 heterocycles. The van der Waals surface area contributed by atoms with Gasteiger partial charge in [-0.25, -0.2) is 0 Å². The molecule has 2 aromatic carbocycles. The first-order valence-corrected chi connectivity index (χ1v) is 7.78. The van der Waals surface area contributed by atoms with Gasteiger partial charge >= 0.3 is 0 Å². The van der Waals surface area contributed by atoms with E-state index in [1.807, 2.05) is 0 Å². The topological polar surface area (TPSA) is 0 Å². The summed E-state index contributed by atoms with van der Waals surface area (Å²) in [5, 5.41) is 0. The lowest BCUT2D eigenvalue weighted by atomic mass is 9.90. The predicted molar refractivity (Wildman–Crippen MR) is 85.0 cm³/mol. The Morgan fingerprint density at radius 1 is 1.00 bits per heavy atom. The number of hydrogen-bond acceptors (Lipinski definition) is 0. The third-order valence-electron chi connectivity index (χ3n) is 3.21. The Morgan fingerprint density at radius 2 is 1.78 bits per heavy atom. The highest BCUT2D eigenvalue weighted by Gasteiger charge is 2.13. The smallest absolute Gasteiger partial charge is 0.0210 e. The maximum atomic E-state index is 3.66. The third kappa shape index (κ3) is 3.46. The minimum absolute atomic E-state index is 0.565. The van der Waals surface area contributed by atoms with Crippen LogP contribution in [-0.4, -0.2) is 0 Å². The van der Waals surface area contributed by atoms with Gasteiger partial charge < -0.3 is 0 Å². The second kappa shape index (κ2) is 6.53. The van der Waals surface area contributed by atoms with Crippen molar-refractivity contribution in [3.05, 3.63) is 68.6 Å². The molecule has 0 N–H and O–H groups in total. The summed E-state index contributed by atoms with van der Waals surface area (Å²) in [5.74, 6) is 0.565. The van der Waals surface area contributed by atoms with Gasteiger partial charge in [0.1, 0.15) is 0 Å². The molecule has 2 heteroatoms. The van der Waals surface area contributed by atoms with E-state index < -0.39 is 0 Å². The first kappa shape index (κ1) is 13.8. The SMILES string of the molecule is CCC(Cc1cccc(Br)c1)c1ccccc1Br. The minimum Gasteiger partial charge on any atom is -0.0648 e. The fraction of sp³-hybridized carbons (Fsp3) is 0.250. The van der Waals surface area contributed by atoms with E-state index in [-0.39, 0.29) is 0 Å². The Kier molecular flexibility index (Phi) is 5.02. The maximum Gasteiger partial charge on any atom is 0.0210 e. The summed E-state index contributed by atoms with van der Waals surface area (Å²) in [6.45, 7) is 2.25. The largest absolute Gasteiger partial charge is 0.0648 e. The van der Waals surface area contributed by atoms with Crippen LogP contribution in [0.2, 0.25) is 0 Å². The van der Waals surface area contributed by atoms with E-state index in [0.29, 0.717) is 5.92 Å². The Balaban J connectivity index is 2.23. The van der Waals surface area contributed by atoms with Crippen molar-refractivity contribution in [1.29, 1.82) is 0 Å². The Bertz CT molecular complexity index is 520. The van der Waals surface area contributed by atoms with E-state index in [1.54, 1.807) is 0 Å². The molecular weight excluding hydrogens is 352 g/mol. The number of rotatable bonds is 4. The van der Waals surface area contributed by atoms with Crippen LogP contribution in [0.3, 0.4) is 0 Å². The molecule has 0 saturated carbocycles. The zero-order chi connectivity index (χ0) is 13.0. The molecule has 0 aliphatic heterocycles. The summed E-state index contributed by atoms with van der Waals surface area (Å²) in [6.07, 6.45) is 2.23. The fourth-order valence-corrected chi connectivity index (χ4v) is 3.28. The van der Waals surface area contributed by atoms with Gasteiger partial charge in [0.25, 0.3) is 0 Å². The molecule has 0 spiro atoms. The minimum atomic E-state index is 0.565. The van der Waals surface area contributed by atoms with Crippen LogP contribution in [-0.2, 0) is 6.42 Å². The monoisotopic (exact) mass is 366 g/mol. The molecular formula is C16H16Br2. The molecule has 0 fully saturated rings. The standard InChI is InChI=1S/C16H16Br2/c1-2-13(15-8-3-4-9-16(15)18)10-12-6-5-7-14(17)11-12/h3-9,11,13H,2,10H2,1H3. The van der Waals surface area contributed by atoms with Gasteiger partial charge in [0, 0.05) is 8.95 Å². The molecule has 0 bridgehead atoms. The molecule has 1 unspecified atom stereocenters. The van der Waals surface area contributed by atoms with Gasteiger partial charge in [0.05, 0.1) is 0 Å². The highest BCUT2D eigenvalue weighted by Crippen LogP contribution is 2.30. The molecule has 0 aliphatic carbocycles. The lowest BCUT2D eigenvalue weighted by molar-refractivity contribution is 0.657. The molecule has 0 aliphatic rings. The van der Waals surface area contributed by atoms with Gasteiger partial charge in [-0.1, -0.05) is 69.1 Å². The normalized spacial score (nSPS) is 12.4. The van der Waals surface area contributed by atoms with Gasteiger partial charge in [-0.2, -0.15) is 0 Å². The van der Waals surface area contributed by atoms with Crippen LogP contribution in [0.4, 0.5) is 0 Å². The zero-order valence-corrected chi connectivity index (χ0v) is 13.5. The summed E-state index contributed by atoms with van der Waals surface area (Å²) in [5.41, 5.74) is 2.78. The van der Waals surface area contributed by atoms with Crippen LogP contribution in [0.25, 0.3) is 0 Å². The van der Waals surface area contributed by atoms with Crippen molar-refractivity contribution in [3.63, 3.8) is 0 Å². The lowest BCUT2D eigenvalue weighted by Gasteiger charge is -2.17. The second-order valence-electron chi connectivity index (χ2n) is 4.46. The summed E-state index contributed by atoms with van der Waals surface area (Å²) in [7, 11) is 0. The average molecular weight is 368 g/mol. The van der Waals surface area contributed by atoms with Gasteiger partial charge in [-0.3, -0.25) is 0 Å². The van der Waals surface area contributed by atoms with E-state index in [2.05, 4.69) is 87.3 Å². The molecule has 1 atom stereocenters. The van der Waals surface area contributed by atoms with Crippen LogP contribution in [0.1, 0.15) is 30.4 Å². The summed E-state index contributed by atoms with van der Waals surface area (Å²) < 4.78 is 2.37. The lowest BCUT2D eigenvalue weighted by Crippen LogP contribution is -2.02. The molecule has 2 rings (SSSR count). The van der Waals surface area contributed by atoms with Crippen molar-refractivity contribution < 1.29 is 0 Å². The van der Waals surface area contributed by atoms with E-state index >= 15 is 0 Å². The van der Waals surface area contributed by atoms with Gasteiger partial charge in [-0.05, 0) is 48.1 Å². The quantitative estimate of drug-likeness (QED) is 0.626. The molecule has 0 nitrogen and oxygen atoms in total. The van der Waals surface area contributed by atoms with Crippen LogP contribution in [0.5, 0.6) is 0 Å². The van der Waals surface area contributed by atoms with Gasteiger partial charge in [0.2, 0.25) is 0 Å². The Morgan fingerprint density at radius 3 is 2.44 bits per heavy atom. The predicted octanol–water partition coefficient (Wildman–Crippen LogP) is 5.95. The van der Waals surface area contributed by atoms with Crippen molar-refractivity contribution in [2.45, 2.75) is 25.7 Å². The van der Waals surface area contributed by atoms with Gasteiger partial charge in [0.15, 0.2) is 0 Å². The van der Waals surface area contributed by atoms with Crippen LogP contribution in [0, 0.1) is 0 Å². The van der Waals surface area contributed by atoms with E-state index in [9.17, 15) is 0 Å². The number of halogens is 2. The van der Waals surface area contributed by atoms with Crippen molar-refractivity contribution in [2.24, 2.45) is 0 Å². The molecule has 94 valence electrons. The van der Waals surface area contributed by atoms with E-state index in [4.69, 9.17) is 0 Å². The molecule has 0 radical (unpaired) electrons.